The van der Waals surface area contributed by atoms with E-state index in [4.69, 9.17) is 11.6 Å². The number of nitrogens with one attached hydrogen (secondary N) is 1. The zero-order valence-electron chi connectivity index (χ0n) is 12.7. The molecule has 0 aliphatic rings. The molecule has 0 bridgehead atoms. The smallest absolute Gasteiger partial charge is 0.228 e. The third kappa shape index (κ3) is 4.00. The van der Waals surface area contributed by atoms with Crippen molar-refractivity contribution in [3.63, 3.8) is 0 Å². The Morgan fingerprint density at radius 2 is 1.96 bits per heavy atom. The average molecular weight is 344 g/mol. The molecule has 2 aromatic carbocycles. The van der Waals surface area contributed by atoms with Crippen LogP contribution in [0.2, 0.25) is 5.02 Å². The van der Waals surface area contributed by atoms with E-state index in [-0.39, 0.29) is 24.7 Å². The minimum Gasteiger partial charge on any atom is -0.323 e. The molecule has 0 saturated carbocycles. The summed E-state index contributed by atoms with van der Waals surface area (Å²) in [5, 5.41) is 7.25. The van der Waals surface area contributed by atoms with Gasteiger partial charge in [-0.1, -0.05) is 48.0 Å². The number of hydrogen-bond donors (Lipinski definition) is 1. The number of nitrogens with zero attached hydrogens (tertiary/aromatic N) is 2. The number of benzene rings is 2. The first kappa shape index (κ1) is 16.2. The van der Waals surface area contributed by atoms with Crippen LogP contribution in [0.25, 0.3) is 0 Å². The summed E-state index contributed by atoms with van der Waals surface area (Å²) in [5.41, 5.74) is 1.85. The molecule has 0 fully saturated rings. The fourth-order valence-electron chi connectivity index (χ4n) is 2.35. The van der Waals surface area contributed by atoms with Crippen LogP contribution in [-0.2, 0) is 17.8 Å². The molecule has 1 amide bonds. The standard InChI is InChI=1S/C18H15ClFN3O/c19-16-7-4-8-17(20)15(16)12-23-11-14(10-21-23)22-18(24)9-13-5-2-1-3-6-13/h1-8,10-11H,9,12H2,(H,22,24). The zero-order valence-corrected chi connectivity index (χ0v) is 13.5. The Hall–Kier alpha value is -2.66. The molecule has 0 aliphatic heterocycles. The van der Waals surface area contributed by atoms with Gasteiger partial charge in [0.1, 0.15) is 5.82 Å². The summed E-state index contributed by atoms with van der Waals surface area (Å²) in [6.45, 7) is 0.195. The van der Waals surface area contributed by atoms with Crippen LogP contribution in [0, 0.1) is 5.82 Å². The Balaban J connectivity index is 1.64. The van der Waals surface area contributed by atoms with Crippen molar-refractivity contribution < 1.29 is 9.18 Å². The Labute approximate surface area is 143 Å². The third-order valence-electron chi connectivity index (χ3n) is 3.51. The maximum atomic E-state index is 13.8. The Morgan fingerprint density at radius 1 is 1.17 bits per heavy atom. The molecule has 4 nitrogen and oxygen atoms in total. The summed E-state index contributed by atoms with van der Waals surface area (Å²) < 4.78 is 15.3. The number of aromatic nitrogens is 2. The lowest BCUT2D eigenvalue weighted by atomic mass is 10.1. The highest BCUT2D eigenvalue weighted by Gasteiger charge is 2.10. The quantitative estimate of drug-likeness (QED) is 0.763. The van der Waals surface area contributed by atoms with E-state index >= 15 is 0 Å². The van der Waals surface area contributed by atoms with Crippen LogP contribution in [0.15, 0.2) is 60.9 Å². The Kier molecular flexibility index (Phi) is 4.91. The molecule has 24 heavy (non-hydrogen) atoms. The van der Waals surface area contributed by atoms with Gasteiger partial charge in [-0.15, -0.1) is 0 Å². The topological polar surface area (TPSA) is 46.9 Å². The molecule has 3 rings (SSSR count). The van der Waals surface area contributed by atoms with Gasteiger partial charge in [0.2, 0.25) is 5.91 Å². The molecule has 1 aromatic heterocycles. The molecule has 6 heteroatoms. The SMILES string of the molecule is O=C(Cc1ccccc1)Nc1cnn(Cc2c(F)cccc2Cl)c1. The molecule has 1 N–H and O–H groups in total. The van der Waals surface area contributed by atoms with Crippen LogP contribution >= 0.6 is 11.6 Å². The minimum atomic E-state index is -0.382. The third-order valence-corrected chi connectivity index (χ3v) is 3.86. The van der Waals surface area contributed by atoms with E-state index in [1.165, 1.54) is 16.9 Å². The van der Waals surface area contributed by atoms with Crippen LogP contribution in [0.3, 0.4) is 0 Å². The van der Waals surface area contributed by atoms with Crippen LogP contribution in [0.1, 0.15) is 11.1 Å². The van der Waals surface area contributed by atoms with Crippen LogP contribution < -0.4 is 5.32 Å². The summed E-state index contributed by atoms with van der Waals surface area (Å²) in [4.78, 5) is 12.0. The predicted octanol–water partition coefficient (Wildman–Crippen LogP) is 3.91. The predicted molar refractivity (Wildman–Crippen MR) is 91.5 cm³/mol. The van der Waals surface area contributed by atoms with E-state index < -0.39 is 0 Å². The molecular formula is C18H15ClFN3O. The van der Waals surface area contributed by atoms with E-state index in [1.54, 1.807) is 18.3 Å². The Bertz CT molecular complexity index is 828. The second-order valence-electron chi connectivity index (χ2n) is 5.34. The molecule has 0 spiro atoms. The van der Waals surface area contributed by atoms with Crippen LogP contribution in [0.4, 0.5) is 10.1 Å². The number of carbonyl (C=O) groups excluding carboxylic acids is 1. The van der Waals surface area contributed by atoms with Gasteiger partial charge in [-0.25, -0.2) is 4.39 Å². The normalized spacial score (nSPS) is 10.6. The van der Waals surface area contributed by atoms with Gasteiger partial charge in [0.05, 0.1) is 24.8 Å². The first-order chi connectivity index (χ1) is 11.6. The first-order valence-corrected chi connectivity index (χ1v) is 7.79. The lowest BCUT2D eigenvalue weighted by Crippen LogP contribution is -2.13. The Morgan fingerprint density at radius 3 is 2.71 bits per heavy atom. The van der Waals surface area contributed by atoms with Crippen molar-refractivity contribution in [2.24, 2.45) is 0 Å². The van der Waals surface area contributed by atoms with Gasteiger partial charge in [-0.05, 0) is 17.7 Å². The molecular weight excluding hydrogens is 329 g/mol. The molecule has 0 aliphatic carbocycles. The highest BCUT2D eigenvalue weighted by Crippen LogP contribution is 2.20. The summed E-state index contributed by atoms with van der Waals surface area (Å²) in [7, 11) is 0. The van der Waals surface area contributed by atoms with Crippen molar-refractivity contribution in [2.45, 2.75) is 13.0 Å². The lowest BCUT2D eigenvalue weighted by molar-refractivity contribution is -0.115. The summed E-state index contributed by atoms with van der Waals surface area (Å²) >= 11 is 6.01. The zero-order chi connectivity index (χ0) is 16.9. The van der Waals surface area contributed by atoms with Gasteiger partial charge in [0.25, 0.3) is 0 Å². The van der Waals surface area contributed by atoms with Gasteiger partial charge in [-0.3, -0.25) is 9.48 Å². The minimum absolute atomic E-state index is 0.135. The average Bonchev–Trinajstić information content (AvgIpc) is 2.99. The molecule has 0 atom stereocenters. The van der Waals surface area contributed by atoms with Gasteiger partial charge in [0, 0.05) is 16.8 Å². The van der Waals surface area contributed by atoms with Gasteiger partial charge < -0.3 is 5.32 Å². The molecule has 3 aromatic rings. The van der Waals surface area contributed by atoms with Crippen molar-refractivity contribution in [1.29, 1.82) is 0 Å². The maximum absolute atomic E-state index is 13.8. The number of rotatable bonds is 5. The first-order valence-electron chi connectivity index (χ1n) is 7.41. The van der Waals surface area contributed by atoms with E-state index in [1.807, 2.05) is 30.3 Å². The molecule has 0 unspecified atom stereocenters. The van der Waals surface area contributed by atoms with Gasteiger partial charge in [-0.2, -0.15) is 5.10 Å². The van der Waals surface area contributed by atoms with E-state index in [9.17, 15) is 9.18 Å². The second-order valence-corrected chi connectivity index (χ2v) is 5.74. The number of amides is 1. The fraction of sp³-hybridized carbons (Fsp3) is 0.111. The van der Waals surface area contributed by atoms with Crippen molar-refractivity contribution in [2.75, 3.05) is 5.32 Å². The largest absolute Gasteiger partial charge is 0.323 e. The highest BCUT2D eigenvalue weighted by molar-refractivity contribution is 6.31. The molecule has 0 saturated heterocycles. The van der Waals surface area contributed by atoms with Gasteiger partial charge in [0.15, 0.2) is 0 Å². The highest BCUT2D eigenvalue weighted by atomic mass is 35.5. The number of carbonyl (C=O) groups is 1. The van der Waals surface area contributed by atoms with Crippen molar-refractivity contribution >= 4 is 23.2 Å². The molecule has 1 heterocycles. The maximum Gasteiger partial charge on any atom is 0.228 e. The number of anilines is 1. The van der Waals surface area contributed by atoms with E-state index in [0.29, 0.717) is 16.3 Å². The van der Waals surface area contributed by atoms with Crippen molar-refractivity contribution in [3.05, 3.63) is 82.9 Å². The van der Waals surface area contributed by atoms with Crippen molar-refractivity contribution in [3.8, 4) is 0 Å². The second kappa shape index (κ2) is 7.27. The lowest BCUT2D eigenvalue weighted by Gasteiger charge is -2.06. The van der Waals surface area contributed by atoms with Crippen LogP contribution in [0.5, 0.6) is 0 Å². The van der Waals surface area contributed by atoms with Crippen LogP contribution in [-0.4, -0.2) is 15.7 Å². The summed E-state index contributed by atoms with van der Waals surface area (Å²) in [5.74, 6) is -0.516. The van der Waals surface area contributed by atoms with E-state index in [0.717, 1.165) is 5.56 Å². The fourth-order valence-corrected chi connectivity index (χ4v) is 2.57. The molecule has 0 radical (unpaired) electrons. The number of hydrogen-bond acceptors (Lipinski definition) is 2. The van der Waals surface area contributed by atoms with Crippen molar-refractivity contribution in [1.82, 2.24) is 9.78 Å². The summed E-state index contributed by atoms with van der Waals surface area (Å²) in [6, 6.07) is 14.0. The summed E-state index contributed by atoms with van der Waals surface area (Å²) in [6.07, 6.45) is 3.45. The molecule has 122 valence electrons. The van der Waals surface area contributed by atoms with E-state index in [2.05, 4.69) is 10.4 Å². The number of halogens is 2. The van der Waals surface area contributed by atoms with Gasteiger partial charge >= 0.3 is 0 Å². The monoisotopic (exact) mass is 343 g/mol.